The van der Waals surface area contributed by atoms with E-state index in [1.54, 1.807) is 0 Å². The van der Waals surface area contributed by atoms with Crippen molar-refractivity contribution in [2.24, 2.45) is 11.3 Å². The Bertz CT molecular complexity index is 330. The summed E-state index contributed by atoms with van der Waals surface area (Å²) in [5.41, 5.74) is 1.71. The third kappa shape index (κ3) is 1.57. The molecule has 1 heteroatoms. The standard InChI is InChI=1S/C15H24O/c1-11(2)13-7-9-14(4)8-5-6-12(3)15(14,16)10-13/h13,16H,1,3,5-10H2,2,4H3/t13-,14?,15-/m0/s1. The van der Waals surface area contributed by atoms with Gasteiger partial charge in [0, 0.05) is 5.41 Å². The van der Waals surface area contributed by atoms with E-state index in [-0.39, 0.29) is 5.41 Å². The Morgan fingerprint density at radius 3 is 2.75 bits per heavy atom. The zero-order chi connectivity index (χ0) is 12.0. The molecule has 0 aromatic heterocycles. The number of hydrogen-bond donors (Lipinski definition) is 1. The summed E-state index contributed by atoms with van der Waals surface area (Å²) in [5.74, 6) is 0.480. The summed E-state index contributed by atoms with van der Waals surface area (Å²) in [6.45, 7) is 12.5. The Labute approximate surface area is 99.3 Å². The molecule has 1 nitrogen and oxygen atoms in total. The molecular weight excluding hydrogens is 196 g/mol. The topological polar surface area (TPSA) is 20.2 Å². The van der Waals surface area contributed by atoms with E-state index in [4.69, 9.17) is 0 Å². The molecule has 2 saturated carbocycles. The zero-order valence-electron chi connectivity index (χ0n) is 10.7. The first-order valence-electron chi connectivity index (χ1n) is 6.45. The van der Waals surface area contributed by atoms with E-state index >= 15 is 0 Å². The first-order chi connectivity index (χ1) is 7.39. The molecule has 2 fully saturated rings. The maximum absolute atomic E-state index is 11.0. The molecule has 90 valence electrons. The zero-order valence-corrected chi connectivity index (χ0v) is 10.7. The van der Waals surface area contributed by atoms with E-state index in [9.17, 15) is 5.11 Å². The average molecular weight is 220 g/mol. The molecule has 0 amide bonds. The first-order valence-corrected chi connectivity index (χ1v) is 6.45. The summed E-state index contributed by atoms with van der Waals surface area (Å²) in [6, 6.07) is 0. The van der Waals surface area contributed by atoms with E-state index in [1.807, 2.05) is 0 Å². The van der Waals surface area contributed by atoms with Crippen molar-refractivity contribution in [2.75, 3.05) is 0 Å². The van der Waals surface area contributed by atoms with Crippen LogP contribution in [0.4, 0.5) is 0 Å². The highest BCUT2D eigenvalue weighted by atomic mass is 16.3. The summed E-state index contributed by atoms with van der Waals surface area (Å²) in [4.78, 5) is 0. The van der Waals surface area contributed by atoms with E-state index in [1.165, 1.54) is 18.4 Å². The van der Waals surface area contributed by atoms with Crippen molar-refractivity contribution in [1.82, 2.24) is 0 Å². The summed E-state index contributed by atoms with van der Waals surface area (Å²) in [6.07, 6.45) is 6.47. The first kappa shape index (κ1) is 11.9. The molecule has 1 unspecified atom stereocenters. The van der Waals surface area contributed by atoms with Gasteiger partial charge in [-0.15, -0.1) is 0 Å². The summed E-state index contributed by atoms with van der Waals surface area (Å²) in [7, 11) is 0. The van der Waals surface area contributed by atoms with Gasteiger partial charge in [0.1, 0.15) is 0 Å². The van der Waals surface area contributed by atoms with E-state index in [0.717, 1.165) is 31.3 Å². The summed E-state index contributed by atoms with van der Waals surface area (Å²) < 4.78 is 0. The van der Waals surface area contributed by atoms with Gasteiger partial charge in [0.25, 0.3) is 0 Å². The second kappa shape index (κ2) is 3.73. The van der Waals surface area contributed by atoms with Crippen LogP contribution in [0.25, 0.3) is 0 Å². The van der Waals surface area contributed by atoms with Gasteiger partial charge in [-0.2, -0.15) is 0 Å². The highest BCUT2D eigenvalue weighted by Gasteiger charge is 2.53. The van der Waals surface area contributed by atoms with Gasteiger partial charge in [0.05, 0.1) is 5.60 Å². The Morgan fingerprint density at radius 2 is 2.12 bits per heavy atom. The number of fused-ring (bicyclic) bond motifs is 1. The van der Waals surface area contributed by atoms with Crippen molar-refractivity contribution < 1.29 is 5.11 Å². The van der Waals surface area contributed by atoms with Gasteiger partial charge in [-0.25, -0.2) is 0 Å². The fourth-order valence-electron chi connectivity index (χ4n) is 3.63. The van der Waals surface area contributed by atoms with Crippen LogP contribution in [0.2, 0.25) is 0 Å². The van der Waals surface area contributed by atoms with Gasteiger partial charge in [0.2, 0.25) is 0 Å². The smallest absolute Gasteiger partial charge is 0.0913 e. The Hall–Kier alpha value is -0.560. The molecular formula is C15H24O. The Balaban J connectivity index is 2.29. The molecule has 16 heavy (non-hydrogen) atoms. The van der Waals surface area contributed by atoms with Crippen molar-refractivity contribution in [3.63, 3.8) is 0 Å². The quantitative estimate of drug-likeness (QED) is 0.666. The molecule has 0 bridgehead atoms. The lowest BCUT2D eigenvalue weighted by Crippen LogP contribution is -2.54. The average Bonchev–Trinajstić information content (AvgIpc) is 2.20. The van der Waals surface area contributed by atoms with Gasteiger partial charge in [-0.05, 0) is 56.9 Å². The molecule has 0 aromatic rings. The van der Waals surface area contributed by atoms with E-state index < -0.39 is 5.60 Å². The maximum atomic E-state index is 11.0. The van der Waals surface area contributed by atoms with E-state index in [0.29, 0.717) is 5.92 Å². The largest absolute Gasteiger partial charge is 0.385 e. The fourth-order valence-corrected chi connectivity index (χ4v) is 3.63. The molecule has 2 aliphatic rings. The molecule has 2 aliphatic carbocycles. The van der Waals surface area contributed by atoms with Crippen molar-refractivity contribution in [3.05, 3.63) is 24.3 Å². The van der Waals surface area contributed by atoms with Crippen LogP contribution in [0.15, 0.2) is 24.3 Å². The fraction of sp³-hybridized carbons (Fsp3) is 0.733. The number of rotatable bonds is 1. The molecule has 0 spiro atoms. The molecule has 2 rings (SSSR count). The highest BCUT2D eigenvalue weighted by molar-refractivity contribution is 5.25. The predicted octanol–water partition coefficient (Wildman–Crippen LogP) is 3.84. The van der Waals surface area contributed by atoms with Crippen LogP contribution in [0, 0.1) is 11.3 Å². The van der Waals surface area contributed by atoms with Crippen LogP contribution >= 0.6 is 0 Å². The van der Waals surface area contributed by atoms with Gasteiger partial charge in [-0.1, -0.05) is 25.7 Å². The normalized spacial score (nSPS) is 43.9. The molecule has 0 saturated heterocycles. The summed E-state index contributed by atoms with van der Waals surface area (Å²) in [5, 5.41) is 11.0. The van der Waals surface area contributed by atoms with Gasteiger partial charge in [0.15, 0.2) is 0 Å². The summed E-state index contributed by atoms with van der Waals surface area (Å²) >= 11 is 0. The van der Waals surface area contributed by atoms with Crippen molar-refractivity contribution in [3.8, 4) is 0 Å². The number of allylic oxidation sites excluding steroid dienone is 1. The van der Waals surface area contributed by atoms with Crippen molar-refractivity contribution in [2.45, 2.75) is 58.0 Å². The third-order valence-electron chi connectivity index (χ3n) is 5.07. The van der Waals surface area contributed by atoms with Crippen molar-refractivity contribution in [1.29, 1.82) is 0 Å². The molecule has 0 heterocycles. The van der Waals surface area contributed by atoms with Crippen LogP contribution in [0.1, 0.15) is 52.4 Å². The maximum Gasteiger partial charge on any atom is 0.0913 e. The van der Waals surface area contributed by atoms with Crippen LogP contribution in [0.5, 0.6) is 0 Å². The SMILES string of the molecule is C=C(C)[C@H]1CCC2(C)CCCC(=C)[C@@]2(O)C1. The molecule has 0 radical (unpaired) electrons. The lowest BCUT2D eigenvalue weighted by atomic mass is 9.53. The molecule has 0 aliphatic heterocycles. The van der Waals surface area contributed by atoms with Gasteiger partial charge >= 0.3 is 0 Å². The predicted molar refractivity (Wildman–Crippen MR) is 68.2 cm³/mol. The monoisotopic (exact) mass is 220 g/mol. The highest BCUT2D eigenvalue weighted by Crippen LogP contribution is 2.56. The second-order valence-corrected chi connectivity index (χ2v) is 6.16. The lowest BCUT2D eigenvalue weighted by molar-refractivity contribution is -0.106. The third-order valence-corrected chi connectivity index (χ3v) is 5.07. The number of hydrogen-bond acceptors (Lipinski definition) is 1. The minimum Gasteiger partial charge on any atom is -0.385 e. The molecule has 1 N–H and O–H groups in total. The van der Waals surface area contributed by atoms with Gasteiger partial charge < -0.3 is 5.11 Å². The minimum absolute atomic E-state index is 0.0638. The van der Waals surface area contributed by atoms with Crippen LogP contribution in [-0.2, 0) is 0 Å². The number of aliphatic hydroxyl groups is 1. The Kier molecular flexibility index (Phi) is 2.78. The minimum atomic E-state index is -0.632. The molecule has 0 aromatic carbocycles. The molecule has 3 atom stereocenters. The van der Waals surface area contributed by atoms with Crippen LogP contribution < -0.4 is 0 Å². The van der Waals surface area contributed by atoms with Crippen LogP contribution in [-0.4, -0.2) is 10.7 Å². The Morgan fingerprint density at radius 1 is 1.44 bits per heavy atom. The van der Waals surface area contributed by atoms with Crippen molar-refractivity contribution >= 4 is 0 Å². The lowest BCUT2D eigenvalue weighted by Gasteiger charge is -2.55. The van der Waals surface area contributed by atoms with Gasteiger partial charge in [-0.3, -0.25) is 0 Å². The van der Waals surface area contributed by atoms with Crippen LogP contribution in [0.3, 0.4) is 0 Å². The van der Waals surface area contributed by atoms with E-state index in [2.05, 4.69) is 27.0 Å². The second-order valence-electron chi connectivity index (χ2n) is 6.16.